The number of hydrogen-bond acceptors (Lipinski definition) is 7. The second-order valence-electron chi connectivity index (χ2n) is 8.05. The highest BCUT2D eigenvalue weighted by atomic mass is 32.2. The van der Waals surface area contributed by atoms with Crippen LogP contribution in [0.3, 0.4) is 0 Å². The third-order valence-corrected chi connectivity index (χ3v) is 6.91. The summed E-state index contributed by atoms with van der Waals surface area (Å²) >= 11 is 6.74. The summed E-state index contributed by atoms with van der Waals surface area (Å²) in [6.45, 7) is 2.96. The lowest BCUT2D eigenvalue weighted by Crippen LogP contribution is -2.27. The molecule has 1 heterocycles. The quantitative estimate of drug-likeness (QED) is 0.259. The van der Waals surface area contributed by atoms with E-state index in [0.29, 0.717) is 33.9 Å². The molecule has 37 heavy (non-hydrogen) atoms. The molecule has 7 nitrogen and oxygen atoms in total. The van der Waals surface area contributed by atoms with Crippen molar-refractivity contribution in [2.75, 3.05) is 13.7 Å². The average molecular weight is 536 g/mol. The third-order valence-electron chi connectivity index (χ3n) is 5.53. The number of hydrogen-bond donors (Lipinski definition) is 1. The molecular weight excluding hydrogens is 510 g/mol. The molecule has 0 aliphatic carbocycles. The Morgan fingerprint density at radius 3 is 2.35 bits per heavy atom. The highest BCUT2D eigenvalue weighted by molar-refractivity contribution is 8.26. The molecule has 0 saturated carbocycles. The van der Waals surface area contributed by atoms with Crippen molar-refractivity contribution in [3.05, 3.63) is 93.9 Å². The number of amides is 1. The zero-order valence-electron chi connectivity index (χ0n) is 20.3. The maximum Gasteiger partial charge on any atom is 0.335 e. The van der Waals surface area contributed by atoms with Gasteiger partial charge in [-0.3, -0.25) is 9.69 Å². The fourth-order valence-corrected chi connectivity index (χ4v) is 4.86. The predicted octanol–water partition coefficient (Wildman–Crippen LogP) is 5.77. The van der Waals surface area contributed by atoms with E-state index in [-0.39, 0.29) is 18.1 Å². The van der Waals surface area contributed by atoms with Gasteiger partial charge in [0.25, 0.3) is 5.91 Å². The van der Waals surface area contributed by atoms with E-state index in [1.54, 1.807) is 48.4 Å². The van der Waals surface area contributed by atoms with Crippen LogP contribution >= 0.6 is 24.0 Å². The Morgan fingerprint density at radius 1 is 1.00 bits per heavy atom. The predicted molar refractivity (Wildman–Crippen MR) is 147 cm³/mol. The summed E-state index contributed by atoms with van der Waals surface area (Å²) in [5.41, 5.74) is 2.79. The van der Waals surface area contributed by atoms with Crippen molar-refractivity contribution >= 4 is 46.3 Å². The maximum atomic E-state index is 13.1. The highest BCUT2D eigenvalue weighted by Gasteiger charge is 2.32. The largest absolute Gasteiger partial charge is 0.497 e. The zero-order chi connectivity index (χ0) is 26.4. The van der Waals surface area contributed by atoms with Gasteiger partial charge in [-0.25, -0.2) is 4.79 Å². The molecule has 0 radical (unpaired) electrons. The molecule has 1 amide bonds. The number of aromatic carboxylic acids is 1. The van der Waals surface area contributed by atoms with Gasteiger partial charge >= 0.3 is 5.97 Å². The molecule has 9 heteroatoms. The molecule has 4 rings (SSSR count). The number of carbonyl (C=O) groups is 2. The number of thioether (sulfide) groups is 1. The minimum atomic E-state index is -0.973. The summed E-state index contributed by atoms with van der Waals surface area (Å²) in [5, 5.41) is 9.05. The zero-order valence-corrected chi connectivity index (χ0v) is 21.9. The van der Waals surface area contributed by atoms with Crippen LogP contribution in [0, 0.1) is 0 Å². The van der Waals surface area contributed by atoms with Gasteiger partial charge in [-0.05, 0) is 66.1 Å². The first kappa shape index (κ1) is 26.2. The van der Waals surface area contributed by atoms with Gasteiger partial charge in [0.1, 0.15) is 16.7 Å². The lowest BCUT2D eigenvalue weighted by atomic mass is 10.1. The van der Waals surface area contributed by atoms with Crippen LogP contribution in [0.5, 0.6) is 17.2 Å². The smallest absolute Gasteiger partial charge is 0.335 e. The minimum Gasteiger partial charge on any atom is -0.497 e. The van der Waals surface area contributed by atoms with Crippen LogP contribution in [-0.4, -0.2) is 39.9 Å². The molecule has 3 aromatic rings. The summed E-state index contributed by atoms with van der Waals surface area (Å²) in [4.78, 5) is 26.2. The Labute approximate surface area is 224 Å². The molecule has 0 atom stereocenters. The van der Waals surface area contributed by atoms with Crippen LogP contribution in [0.2, 0.25) is 0 Å². The molecule has 1 aliphatic heterocycles. The monoisotopic (exact) mass is 535 g/mol. The summed E-state index contributed by atoms with van der Waals surface area (Å²) in [5.74, 6) is 0.733. The van der Waals surface area contributed by atoms with E-state index in [1.807, 2.05) is 43.3 Å². The van der Waals surface area contributed by atoms with Gasteiger partial charge in [0.05, 0.1) is 30.7 Å². The molecule has 3 aromatic carbocycles. The molecule has 1 aliphatic rings. The Hall–Kier alpha value is -3.82. The number of carboxylic acid groups (broad SMARTS) is 1. The van der Waals surface area contributed by atoms with Gasteiger partial charge in [-0.1, -0.05) is 54.3 Å². The number of thiocarbonyl (C=S) groups is 1. The van der Waals surface area contributed by atoms with E-state index in [1.165, 1.54) is 11.8 Å². The second-order valence-corrected chi connectivity index (χ2v) is 9.72. The van der Waals surface area contributed by atoms with E-state index < -0.39 is 5.97 Å². The fourth-order valence-electron chi connectivity index (χ4n) is 3.61. The topological polar surface area (TPSA) is 85.3 Å². The number of carbonyl (C=O) groups excluding carboxylic acids is 1. The van der Waals surface area contributed by atoms with Crippen LogP contribution in [-0.2, 0) is 17.9 Å². The standard InChI is InChI=1S/C28H25NO6S2/c1-3-34-24-14-20(8-13-23(24)35-17-19-4-9-21(10-5-19)27(31)32)15-25-26(30)29(28(36)37-25)16-18-6-11-22(33-2)12-7-18/h4-15H,3,16-17H2,1-2H3,(H,31,32). The summed E-state index contributed by atoms with van der Waals surface area (Å²) < 4.78 is 17.4. The van der Waals surface area contributed by atoms with Crippen LogP contribution < -0.4 is 14.2 Å². The van der Waals surface area contributed by atoms with E-state index in [2.05, 4.69) is 0 Å². The molecule has 190 valence electrons. The van der Waals surface area contributed by atoms with Gasteiger partial charge in [0, 0.05) is 0 Å². The number of methoxy groups -OCH3 is 1. The molecule has 0 spiro atoms. The first-order chi connectivity index (χ1) is 17.9. The first-order valence-electron chi connectivity index (χ1n) is 11.5. The number of carboxylic acids is 1. The van der Waals surface area contributed by atoms with Crippen molar-refractivity contribution in [3.63, 3.8) is 0 Å². The van der Waals surface area contributed by atoms with Crippen LogP contribution in [0.4, 0.5) is 0 Å². The SMILES string of the molecule is CCOc1cc(C=C2SC(=S)N(Cc3ccc(OC)cc3)C2=O)ccc1OCc1ccc(C(=O)O)cc1. The number of ether oxygens (including phenoxy) is 3. The Balaban J connectivity index is 1.47. The van der Waals surface area contributed by atoms with Gasteiger partial charge in [-0.2, -0.15) is 0 Å². The average Bonchev–Trinajstić information content (AvgIpc) is 3.16. The summed E-state index contributed by atoms with van der Waals surface area (Å²) in [7, 11) is 1.61. The number of rotatable bonds is 10. The Kier molecular flexibility index (Phi) is 8.47. The summed E-state index contributed by atoms with van der Waals surface area (Å²) in [6, 6.07) is 19.5. The molecule has 1 N–H and O–H groups in total. The van der Waals surface area contributed by atoms with Gasteiger partial charge in [-0.15, -0.1) is 0 Å². The normalized spacial score (nSPS) is 14.2. The van der Waals surface area contributed by atoms with Crippen molar-refractivity contribution in [1.29, 1.82) is 0 Å². The van der Waals surface area contributed by atoms with E-state index in [0.717, 1.165) is 22.4 Å². The van der Waals surface area contributed by atoms with Crippen LogP contribution in [0.15, 0.2) is 71.6 Å². The Morgan fingerprint density at radius 2 is 1.70 bits per heavy atom. The van der Waals surface area contributed by atoms with E-state index in [4.69, 9.17) is 31.5 Å². The van der Waals surface area contributed by atoms with Crippen LogP contribution in [0.25, 0.3) is 6.08 Å². The van der Waals surface area contributed by atoms with E-state index >= 15 is 0 Å². The third kappa shape index (κ3) is 6.49. The molecular formula is C28H25NO6S2. The second kappa shape index (κ2) is 11.9. The van der Waals surface area contributed by atoms with Crippen LogP contribution in [0.1, 0.15) is 34.0 Å². The van der Waals surface area contributed by atoms with Crippen molar-refractivity contribution < 1.29 is 28.9 Å². The molecule has 0 bridgehead atoms. The fraction of sp³-hybridized carbons (Fsp3) is 0.179. The van der Waals surface area contributed by atoms with Gasteiger partial charge in [0.15, 0.2) is 11.5 Å². The van der Waals surface area contributed by atoms with Crippen molar-refractivity contribution in [2.24, 2.45) is 0 Å². The van der Waals surface area contributed by atoms with E-state index in [9.17, 15) is 9.59 Å². The maximum absolute atomic E-state index is 13.1. The number of benzene rings is 3. The minimum absolute atomic E-state index is 0.145. The molecule has 0 unspecified atom stereocenters. The van der Waals surface area contributed by atoms with Crippen molar-refractivity contribution in [1.82, 2.24) is 4.90 Å². The first-order valence-corrected chi connectivity index (χ1v) is 12.7. The molecule has 1 saturated heterocycles. The lowest BCUT2D eigenvalue weighted by Gasteiger charge is -2.14. The van der Waals surface area contributed by atoms with Gasteiger partial charge in [0.2, 0.25) is 0 Å². The lowest BCUT2D eigenvalue weighted by molar-refractivity contribution is -0.122. The Bertz CT molecular complexity index is 1340. The summed E-state index contributed by atoms with van der Waals surface area (Å²) in [6.07, 6.45) is 1.80. The molecule has 1 fully saturated rings. The highest BCUT2D eigenvalue weighted by Crippen LogP contribution is 2.36. The van der Waals surface area contributed by atoms with Crippen molar-refractivity contribution in [2.45, 2.75) is 20.1 Å². The molecule has 0 aromatic heterocycles. The van der Waals surface area contributed by atoms with Gasteiger partial charge < -0.3 is 19.3 Å². The number of nitrogens with zero attached hydrogens (tertiary/aromatic N) is 1. The van der Waals surface area contributed by atoms with Crippen molar-refractivity contribution in [3.8, 4) is 17.2 Å².